The number of methoxy groups -OCH3 is 1. The third kappa shape index (κ3) is 7.69. The Morgan fingerprint density at radius 2 is 2.05 bits per heavy atom. The van der Waals surface area contributed by atoms with Gasteiger partial charge in [-0.3, -0.25) is 0 Å². The van der Waals surface area contributed by atoms with E-state index in [0.717, 1.165) is 18.1 Å². The molecular weight excluding hydrogens is 397 g/mol. The van der Waals surface area contributed by atoms with Crippen LogP contribution in [0.25, 0.3) is 0 Å². The first-order valence-electron chi connectivity index (χ1n) is 7.17. The molecule has 0 radical (unpaired) electrons. The monoisotopic (exact) mass is 423 g/mol. The van der Waals surface area contributed by atoms with Crippen molar-refractivity contribution >= 4 is 29.9 Å². The molecule has 0 heterocycles. The predicted octanol–water partition coefficient (Wildman–Crippen LogP) is 2.11. The summed E-state index contributed by atoms with van der Waals surface area (Å²) in [5.74, 6) is 1.32. The first kappa shape index (κ1) is 20.8. The number of rotatable bonds is 8. The minimum absolute atomic E-state index is 0. The normalized spacial score (nSPS) is 10.8. The number of guanidine groups is 1. The second-order valence-electron chi connectivity index (χ2n) is 4.33. The topological polar surface area (TPSA) is 75.1 Å². The van der Waals surface area contributed by atoms with E-state index in [9.17, 15) is 5.11 Å². The number of ether oxygens (including phenoxy) is 2. The summed E-state index contributed by atoms with van der Waals surface area (Å²) in [6, 6.07) is 5.27. The molecule has 0 aliphatic heterocycles. The summed E-state index contributed by atoms with van der Waals surface area (Å²) in [5, 5.41) is 16.1. The summed E-state index contributed by atoms with van der Waals surface area (Å²) in [5.41, 5.74) is 0.912. The van der Waals surface area contributed by atoms with Gasteiger partial charge in [0, 0.05) is 19.7 Å². The lowest BCUT2D eigenvalue weighted by Gasteiger charge is -2.11. The zero-order valence-electron chi connectivity index (χ0n) is 13.4. The van der Waals surface area contributed by atoms with E-state index in [2.05, 4.69) is 15.6 Å². The number of benzene rings is 1. The molecule has 0 bridgehead atoms. The molecule has 1 aromatic rings. The summed E-state index contributed by atoms with van der Waals surface area (Å²) >= 11 is 0. The largest absolute Gasteiger partial charge is 0.504 e. The molecule has 0 unspecified atom stereocenters. The zero-order chi connectivity index (χ0) is 15.5. The number of nitrogens with one attached hydrogen (secondary N) is 2. The highest BCUT2D eigenvalue weighted by Crippen LogP contribution is 2.26. The lowest BCUT2D eigenvalue weighted by Crippen LogP contribution is -2.39. The van der Waals surface area contributed by atoms with Gasteiger partial charge in [0.1, 0.15) is 0 Å². The molecule has 0 aromatic heterocycles. The quantitative estimate of drug-likeness (QED) is 0.259. The molecule has 126 valence electrons. The number of halogens is 1. The third-order valence-corrected chi connectivity index (χ3v) is 2.75. The average molecular weight is 423 g/mol. The Morgan fingerprint density at radius 3 is 2.64 bits per heavy atom. The van der Waals surface area contributed by atoms with Crippen molar-refractivity contribution in [2.45, 2.75) is 20.4 Å². The summed E-state index contributed by atoms with van der Waals surface area (Å²) in [6.07, 6.45) is 0. The fourth-order valence-electron chi connectivity index (χ4n) is 1.73. The van der Waals surface area contributed by atoms with Crippen LogP contribution < -0.4 is 15.4 Å². The van der Waals surface area contributed by atoms with Crippen molar-refractivity contribution in [2.24, 2.45) is 4.99 Å². The lowest BCUT2D eigenvalue weighted by atomic mass is 10.2. The molecule has 0 atom stereocenters. The minimum Gasteiger partial charge on any atom is -0.504 e. The van der Waals surface area contributed by atoms with E-state index in [1.54, 1.807) is 12.1 Å². The molecule has 0 fully saturated rings. The van der Waals surface area contributed by atoms with Crippen LogP contribution in [0.1, 0.15) is 19.4 Å². The van der Waals surface area contributed by atoms with Crippen LogP contribution in [0.2, 0.25) is 0 Å². The summed E-state index contributed by atoms with van der Waals surface area (Å²) < 4.78 is 10.3. The molecule has 3 N–H and O–H groups in total. The molecule has 1 aromatic carbocycles. The van der Waals surface area contributed by atoms with Gasteiger partial charge in [-0.1, -0.05) is 6.07 Å². The van der Waals surface area contributed by atoms with Crippen molar-refractivity contribution in [1.29, 1.82) is 0 Å². The van der Waals surface area contributed by atoms with Gasteiger partial charge in [0.25, 0.3) is 0 Å². The number of nitrogens with zero attached hydrogens (tertiary/aromatic N) is 1. The van der Waals surface area contributed by atoms with Crippen LogP contribution >= 0.6 is 24.0 Å². The van der Waals surface area contributed by atoms with Gasteiger partial charge in [-0.05, 0) is 31.5 Å². The van der Waals surface area contributed by atoms with Crippen LogP contribution in [-0.4, -0.2) is 44.5 Å². The summed E-state index contributed by atoms with van der Waals surface area (Å²) in [6.45, 7) is 7.29. The van der Waals surface area contributed by atoms with Gasteiger partial charge in [-0.25, -0.2) is 4.99 Å². The fraction of sp³-hybridized carbons (Fsp3) is 0.533. The first-order chi connectivity index (χ1) is 10.2. The first-order valence-corrected chi connectivity index (χ1v) is 7.17. The van der Waals surface area contributed by atoms with Crippen LogP contribution in [-0.2, 0) is 11.3 Å². The Hall–Kier alpha value is -1.22. The SMILES string of the molecule is CCNC(=NCc1ccc(OC)c(O)c1)NCCOCC.I. The second-order valence-corrected chi connectivity index (χ2v) is 4.33. The van der Waals surface area contributed by atoms with Gasteiger partial charge in [0.2, 0.25) is 0 Å². The van der Waals surface area contributed by atoms with E-state index in [1.807, 2.05) is 19.9 Å². The van der Waals surface area contributed by atoms with E-state index in [-0.39, 0.29) is 29.7 Å². The van der Waals surface area contributed by atoms with Crippen molar-refractivity contribution in [3.63, 3.8) is 0 Å². The molecule has 0 aliphatic rings. The standard InChI is InChI=1S/C15H25N3O3.HI/c1-4-16-15(17-8-9-21-5-2)18-11-12-6-7-14(20-3)13(19)10-12;/h6-7,10,19H,4-5,8-9,11H2,1-3H3,(H2,16,17,18);1H. The second kappa shape index (κ2) is 12.3. The molecule has 0 saturated heterocycles. The van der Waals surface area contributed by atoms with Crippen LogP contribution in [0.4, 0.5) is 0 Å². The predicted molar refractivity (Wildman–Crippen MR) is 99.4 cm³/mol. The highest BCUT2D eigenvalue weighted by atomic mass is 127. The molecule has 22 heavy (non-hydrogen) atoms. The van der Waals surface area contributed by atoms with Gasteiger partial charge in [-0.2, -0.15) is 0 Å². The highest BCUT2D eigenvalue weighted by Gasteiger charge is 2.02. The minimum atomic E-state index is 0. The molecular formula is C15H26IN3O3. The fourth-order valence-corrected chi connectivity index (χ4v) is 1.73. The number of phenols is 1. The van der Waals surface area contributed by atoms with Crippen LogP contribution in [0.15, 0.2) is 23.2 Å². The number of phenolic OH excluding ortho intramolecular Hbond substituents is 1. The van der Waals surface area contributed by atoms with E-state index in [4.69, 9.17) is 9.47 Å². The summed E-state index contributed by atoms with van der Waals surface area (Å²) in [7, 11) is 1.53. The maximum atomic E-state index is 9.74. The Bertz CT molecular complexity index is 456. The van der Waals surface area contributed by atoms with Crippen LogP contribution in [0.3, 0.4) is 0 Å². The number of aromatic hydroxyl groups is 1. The van der Waals surface area contributed by atoms with E-state index < -0.39 is 0 Å². The van der Waals surface area contributed by atoms with Crippen molar-refractivity contribution in [1.82, 2.24) is 10.6 Å². The smallest absolute Gasteiger partial charge is 0.191 e. The maximum absolute atomic E-state index is 9.74. The van der Waals surface area contributed by atoms with Crippen molar-refractivity contribution < 1.29 is 14.6 Å². The number of aliphatic imine (C=N–C) groups is 1. The van der Waals surface area contributed by atoms with Gasteiger partial charge in [-0.15, -0.1) is 24.0 Å². The molecule has 0 aliphatic carbocycles. The molecule has 6 nitrogen and oxygen atoms in total. The van der Waals surface area contributed by atoms with E-state index >= 15 is 0 Å². The third-order valence-electron chi connectivity index (χ3n) is 2.75. The zero-order valence-corrected chi connectivity index (χ0v) is 15.7. The van der Waals surface area contributed by atoms with E-state index in [0.29, 0.717) is 32.1 Å². The van der Waals surface area contributed by atoms with Crippen LogP contribution in [0, 0.1) is 0 Å². The summed E-state index contributed by atoms with van der Waals surface area (Å²) in [4.78, 5) is 4.46. The number of hydrogen-bond donors (Lipinski definition) is 3. The van der Waals surface area contributed by atoms with Crippen molar-refractivity contribution in [2.75, 3.05) is 33.4 Å². The van der Waals surface area contributed by atoms with Crippen LogP contribution in [0.5, 0.6) is 11.5 Å². The average Bonchev–Trinajstić information content (AvgIpc) is 2.49. The Labute approximate surface area is 149 Å². The molecule has 0 amide bonds. The molecule has 7 heteroatoms. The lowest BCUT2D eigenvalue weighted by molar-refractivity contribution is 0.152. The maximum Gasteiger partial charge on any atom is 0.191 e. The Kier molecular flexibility index (Phi) is 11.7. The molecule has 0 spiro atoms. The molecule has 0 saturated carbocycles. The Morgan fingerprint density at radius 1 is 1.27 bits per heavy atom. The Balaban J connectivity index is 0.00000441. The molecule has 1 rings (SSSR count). The van der Waals surface area contributed by atoms with Crippen molar-refractivity contribution in [3.8, 4) is 11.5 Å². The van der Waals surface area contributed by atoms with Gasteiger partial charge in [0.15, 0.2) is 17.5 Å². The van der Waals surface area contributed by atoms with Gasteiger partial charge < -0.3 is 25.2 Å². The van der Waals surface area contributed by atoms with Gasteiger partial charge >= 0.3 is 0 Å². The highest BCUT2D eigenvalue weighted by molar-refractivity contribution is 14.0. The van der Waals surface area contributed by atoms with E-state index in [1.165, 1.54) is 7.11 Å². The number of hydrogen-bond acceptors (Lipinski definition) is 4. The van der Waals surface area contributed by atoms with Crippen molar-refractivity contribution in [3.05, 3.63) is 23.8 Å². The van der Waals surface area contributed by atoms with Gasteiger partial charge in [0.05, 0.1) is 20.3 Å².